The number of hydrogen-bond donors (Lipinski definition) is 0. The standard InChI is InChI=1S/C18H20N4O4/c1-6-26-18(23)15-10(2)20-11(3)17(21-22-19)16(15)12-7-8-13(24-4)14(9-12)25-5/h7-9H,6H2,1-5H3. The smallest absolute Gasteiger partial charge is 0.340 e. The van der Waals surface area contributed by atoms with E-state index in [-0.39, 0.29) is 17.9 Å². The minimum atomic E-state index is -0.531. The van der Waals surface area contributed by atoms with Gasteiger partial charge in [0.2, 0.25) is 0 Å². The van der Waals surface area contributed by atoms with Crippen LogP contribution in [0.5, 0.6) is 11.5 Å². The topological polar surface area (TPSA) is 106 Å². The molecule has 0 amide bonds. The SMILES string of the molecule is CCOC(=O)c1c(C)nc(C)c(N=[N+]=[N-])c1-c1ccc(OC)c(OC)c1. The Morgan fingerprint density at radius 3 is 2.46 bits per heavy atom. The van der Waals surface area contributed by atoms with Crippen molar-refractivity contribution in [2.45, 2.75) is 20.8 Å². The molecule has 0 aliphatic heterocycles. The van der Waals surface area contributed by atoms with Crippen LogP contribution in [0.1, 0.15) is 28.7 Å². The molecule has 1 heterocycles. The quantitative estimate of drug-likeness (QED) is 0.328. The van der Waals surface area contributed by atoms with Crippen LogP contribution in [0.25, 0.3) is 21.6 Å². The molecule has 0 aliphatic rings. The van der Waals surface area contributed by atoms with Gasteiger partial charge in [-0.3, -0.25) is 4.98 Å². The van der Waals surface area contributed by atoms with Gasteiger partial charge in [-0.05, 0) is 44.0 Å². The number of aromatic nitrogens is 1. The fraction of sp³-hybridized carbons (Fsp3) is 0.333. The monoisotopic (exact) mass is 356 g/mol. The fourth-order valence-electron chi connectivity index (χ4n) is 2.73. The third-order valence-corrected chi connectivity index (χ3v) is 3.82. The Balaban J connectivity index is 2.87. The first-order valence-electron chi connectivity index (χ1n) is 7.94. The molecule has 0 fully saturated rings. The Morgan fingerprint density at radius 2 is 1.88 bits per heavy atom. The van der Waals surface area contributed by atoms with Crippen LogP contribution in [0.15, 0.2) is 23.3 Å². The second-order valence-electron chi connectivity index (χ2n) is 5.36. The molecule has 1 aromatic carbocycles. The lowest BCUT2D eigenvalue weighted by atomic mass is 9.95. The summed E-state index contributed by atoms with van der Waals surface area (Å²) in [6.45, 7) is 5.37. The van der Waals surface area contributed by atoms with E-state index < -0.39 is 5.97 Å². The number of rotatable bonds is 6. The second-order valence-corrected chi connectivity index (χ2v) is 5.36. The van der Waals surface area contributed by atoms with Crippen molar-refractivity contribution >= 4 is 11.7 Å². The summed E-state index contributed by atoms with van der Waals surface area (Å²) in [7, 11) is 3.05. The Kier molecular flexibility index (Phi) is 6.03. The molecule has 0 saturated carbocycles. The lowest BCUT2D eigenvalue weighted by Crippen LogP contribution is -2.11. The second kappa shape index (κ2) is 8.22. The van der Waals surface area contributed by atoms with Crippen LogP contribution in [-0.4, -0.2) is 31.8 Å². The number of esters is 1. The van der Waals surface area contributed by atoms with Gasteiger partial charge in [0.05, 0.1) is 37.8 Å². The van der Waals surface area contributed by atoms with Crippen molar-refractivity contribution in [2.24, 2.45) is 5.11 Å². The van der Waals surface area contributed by atoms with Gasteiger partial charge in [0, 0.05) is 16.2 Å². The molecule has 0 atom stereocenters. The van der Waals surface area contributed by atoms with E-state index >= 15 is 0 Å². The van der Waals surface area contributed by atoms with E-state index in [1.165, 1.54) is 14.2 Å². The van der Waals surface area contributed by atoms with Gasteiger partial charge in [-0.25, -0.2) is 4.79 Å². The van der Waals surface area contributed by atoms with Crippen molar-refractivity contribution in [3.63, 3.8) is 0 Å². The molecule has 0 saturated heterocycles. The molecule has 0 aliphatic carbocycles. The molecule has 136 valence electrons. The fourth-order valence-corrected chi connectivity index (χ4v) is 2.73. The van der Waals surface area contributed by atoms with E-state index in [9.17, 15) is 4.79 Å². The summed E-state index contributed by atoms with van der Waals surface area (Å²) in [6.07, 6.45) is 0. The summed E-state index contributed by atoms with van der Waals surface area (Å²) in [5, 5.41) is 3.76. The summed E-state index contributed by atoms with van der Waals surface area (Å²) >= 11 is 0. The normalized spacial score (nSPS) is 10.0. The average molecular weight is 356 g/mol. The first-order chi connectivity index (χ1) is 12.5. The largest absolute Gasteiger partial charge is 0.493 e. The van der Waals surface area contributed by atoms with Gasteiger partial charge < -0.3 is 14.2 Å². The number of methoxy groups -OCH3 is 2. The summed E-state index contributed by atoms with van der Waals surface area (Å²) in [6, 6.07) is 5.19. The van der Waals surface area contributed by atoms with Gasteiger partial charge in [0.15, 0.2) is 11.5 Å². The number of aryl methyl sites for hydroxylation is 2. The van der Waals surface area contributed by atoms with E-state index in [4.69, 9.17) is 19.7 Å². The van der Waals surface area contributed by atoms with Crippen LogP contribution in [0, 0.1) is 13.8 Å². The Hall–Kier alpha value is -3.25. The molecule has 0 bridgehead atoms. The number of azide groups is 1. The zero-order valence-corrected chi connectivity index (χ0v) is 15.4. The van der Waals surface area contributed by atoms with Gasteiger partial charge in [-0.15, -0.1) is 0 Å². The molecule has 0 radical (unpaired) electrons. The number of ether oxygens (including phenoxy) is 3. The van der Waals surface area contributed by atoms with Crippen LogP contribution in [0.4, 0.5) is 5.69 Å². The minimum Gasteiger partial charge on any atom is -0.493 e. The molecule has 0 unspecified atom stereocenters. The molecule has 8 heteroatoms. The third kappa shape index (κ3) is 3.55. The molecule has 0 spiro atoms. The molecule has 8 nitrogen and oxygen atoms in total. The molecule has 26 heavy (non-hydrogen) atoms. The first-order valence-corrected chi connectivity index (χ1v) is 7.94. The maximum Gasteiger partial charge on any atom is 0.340 e. The van der Waals surface area contributed by atoms with Crippen molar-refractivity contribution in [3.8, 4) is 22.6 Å². The van der Waals surface area contributed by atoms with Gasteiger partial charge in [0.25, 0.3) is 0 Å². The highest BCUT2D eigenvalue weighted by Gasteiger charge is 2.24. The number of benzene rings is 1. The van der Waals surface area contributed by atoms with Crippen molar-refractivity contribution < 1.29 is 19.0 Å². The molecular weight excluding hydrogens is 336 g/mol. The van der Waals surface area contributed by atoms with Gasteiger partial charge in [0.1, 0.15) is 0 Å². The summed E-state index contributed by atoms with van der Waals surface area (Å²) in [5.41, 5.74) is 11.6. The lowest BCUT2D eigenvalue weighted by molar-refractivity contribution is 0.0526. The molecule has 1 aromatic heterocycles. The zero-order valence-electron chi connectivity index (χ0n) is 15.4. The molecule has 2 rings (SSSR count). The highest BCUT2D eigenvalue weighted by atomic mass is 16.5. The van der Waals surface area contributed by atoms with E-state index in [1.807, 2.05) is 0 Å². The van der Waals surface area contributed by atoms with E-state index in [2.05, 4.69) is 15.0 Å². The molecule has 2 aromatic rings. The van der Waals surface area contributed by atoms with Crippen molar-refractivity contribution in [1.29, 1.82) is 0 Å². The van der Waals surface area contributed by atoms with Gasteiger partial charge in [-0.2, -0.15) is 0 Å². The van der Waals surface area contributed by atoms with Crippen LogP contribution in [-0.2, 0) is 4.74 Å². The predicted octanol–water partition coefficient (Wildman–Crippen LogP) is 4.50. The minimum absolute atomic E-state index is 0.217. The highest BCUT2D eigenvalue weighted by Crippen LogP contribution is 2.41. The van der Waals surface area contributed by atoms with Gasteiger partial charge in [-0.1, -0.05) is 11.2 Å². The Labute approximate surface area is 151 Å². The number of carbonyl (C=O) groups is 1. The van der Waals surface area contributed by atoms with Crippen LogP contribution in [0.2, 0.25) is 0 Å². The van der Waals surface area contributed by atoms with E-state index in [1.54, 1.807) is 39.0 Å². The van der Waals surface area contributed by atoms with Crippen LogP contribution < -0.4 is 9.47 Å². The van der Waals surface area contributed by atoms with Crippen molar-refractivity contribution in [3.05, 3.63) is 45.6 Å². The number of pyridine rings is 1. The summed E-state index contributed by atoms with van der Waals surface area (Å²) < 4.78 is 15.8. The molecular formula is C18H20N4O4. The highest BCUT2D eigenvalue weighted by molar-refractivity contribution is 6.02. The van der Waals surface area contributed by atoms with E-state index in [0.717, 1.165) is 0 Å². The van der Waals surface area contributed by atoms with Crippen molar-refractivity contribution in [1.82, 2.24) is 4.98 Å². The van der Waals surface area contributed by atoms with Crippen LogP contribution in [0.3, 0.4) is 0 Å². The number of carbonyl (C=O) groups excluding carboxylic acids is 1. The number of nitrogens with zero attached hydrogens (tertiary/aromatic N) is 4. The zero-order chi connectivity index (χ0) is 19.3. The molecule has 0 N–H and O–H groups in total. The maximum atomic E-state index is 12.6. The van der Waals surface area contributed by atoms with Gasteiger partial charge >= 0.3 is 5.97 Å². The third-order valence-electron chi connectivity index (χ3n) is 3.82. The average Bonchev–Trinajstić information content (AvgIpc) is 2.63. The number of hydrogen-bond acceptors (Lipinski definition) is 6. The maximum absolute atomic E-state index is 12.6. The van der Waals surface area contributed by atoms with Crippen molar-refractivity contribution in [2.75, 3.05) is 20.8 Å². The Bertz CT molecular complexity index is 889. The first kappa shape index (κ1) is 19.1. The predicted molar refractivity (Wildman–Crippen MR) is 97.0 cm³/mol. The Morgan fingerprint density at radius 1 is 1.19 bits per heavy atom. The van der Waals surface area contributed by atoms with Crippen LogP contribution >= 0.6 is 0 Å². The van der Waals surface area contributed by atoms with E-state index in [0.29, 0.717) is 34.0 Å². The lowest BCUT2D eigenvalue weighted by Gasteiger charge is -2.17. The summed E-state index contributed by atoms with van der Waals surface area (Å²) in [4.78, 5) is 19.8. The summed E-state index contributed by atoms with van der Waals surface area (Å²) in [5.74, 6) is 0.497.